The van der Waals surface area contributed by atoms with Crippen LogP contribution in [0.4, 0.5) is 0 Å². The van der Waals surface area contributed by atoms with Gasteiger partial charge in [-0.1, -0.05) is 0 Å². The summed E-state index contributed by atoms with van der Waals surface area (Å²) in [4.78, 5) is 0. The van der Waals surface area contributed by atoms with Crippen molar-refractivity contribution in [1.29, 1.82) is 0 Å². The van der Waals surface area contributed by atoms with E-state index >= 15 is 0 Å². The van der Waals surface area contributed by atoms with Gasteiger partial charge in [0, 0.05) is 68.6 Å². The zero-order valence-corrected chi connectivity index (χ0v) is 13.4. The van der Waals surface area contributed by atoms with Crippen molar-refractivity contribution in [3.63, 3.8) is 0 Å². The standard InChI is InChI=1S/As.Bi.H2O.H3P.H2S.Sb/h;;1H2;1H3;1H2;. The van der Waals surface area contributed by atoms with Crippen LogP contribution in [0.15, 0.2) is 0 Å². The van der Waals surface area contributed by atoms with Gasteiger partial charge in [-0.3, -0.25) is 0 Å². The zero-order valence-electron chi connectivity index (χ0n) is 3.05. The van der Waals surface area contributed by atoms with Crippen LogP contribution in [-0.4, -0.2) is 74.1 Å². The molecule has 0 aliphatic rings. The first-order chi connectivity index (χ1) is 0. The maximum atomic E-state index is 0. The SMILES string of the molecule is O.P.S.[As].[Bi].[Sb]. The molecule has 0 saturated carbocycles. The van der Waals surface area contributed by atoms with Gasteiger partial charge >= 0.3 is 0 Å². The normalized spacial score (nSPS) is 0. The van der Waals surface area contributed by atoms with Crippen LogP contribution in [0.3, 0.4) is 0 Å². The topological polar surface area (TPSA) is 31.5 Å². The van der Waals surface area contributed by atoms with Gasteiger partial charge < -0.3 is 5.48 Å². The molecule has 0 aliphatic carbocycles. The Morgan fingerprint density at radius 3 is 1.00 bits per heavy atom. The predicted octanol–water partition coefficient (Wildman–Crippen LogP) is -1.80. The van der Waals surface area contributed by atoms with Crippen LogP contribution in [0, 0.1) is 0 Å². The Bertz CT molecular complexity index is 15.5. The summed E-state index contributed by atoms with van der Waals surface area (Å²) < 4.78 is 0. The van der Waals surface area contributed by atoms with E-state index in [0.29, 0.717) is 0 Å². The van der Waals surface area contributed by atoms with Crippen LogP contribution in [0.25, 0.3) is 0 Å². The van der Waals surface area contributed by atoms with Crippen molar-refractivity contribution in [3.05, 3.63) is 0 Å². The summed E-state index contributed by atoms with van der Waals surface area (Å²) in [6.45, 7) is 0. The Morgan fingerprint density at radius 1 is 1.00 bits per heavy atom. The Balaban J connectivity index is 0. The molecule has 0 bridgehead atoms. The second-order valence-electron chi connectivity index (χ2n) is 0. The summed E-state index contributed by atoms with van der Waals surface area (Å²) in [5.74, 6) is 0. The molecule has 6 heteroatoms. The minimum atomic E-state index is 0. The van der Waals surface area contributed by atoms with Crippen molar-refractivity contribution < 1.29 is 5.48 Å². The van der Waals surface area contributed by atoms with E-state index in [1.54, 1.807) is 0 Å². The predicted molar refractivity (Wildman–Crippen MR) is 42.4 cm³/mol. The first-order valence-corrected chi connectivity index (χ1v) is 0. The molecule has 0 amide bonds. The number of hydrogen-bond donors (Lipinski definition) is 0. The molecule has 2 N–H and O–H groups in total. The molecule has 0 heterocycles. The largest absolute Gasteiger partial charge is 0.412 e. The summed E-state index contributed by atoms with van der Waals surface area (Å²) in [6.07, 6.45) is 0. The second-order valence-corrected chi connectivity index (χ2v) is 0. The second kappa shape index (κ2) is 43.6. The number of rotatable bonds is 0. The van der Waals surface area contributed by atoms with Crippen LogP contribution in [0.2, 0.25) is 0 Å². The van der Waals surface area contributed by atoms with Gasteiger partial charge in [0.15, 0.2) is 0 Å². The van der Waals surface area contributed by atoms with Crippen LogP contribution in [0.1, 0.15) is 0 Å². The van der Waals surface area contributed by atoms with Gasteiger partial charge in [0.05, 0.1) is 0 Å². The molecule has 0 rings (SSSR count). The minimum Gasteiger partial charge on any atom is -0.412 e. The zero-order chi connectivity index (χ0) is 0. The third-order valence-electron chi connectivity index (χ3n) is 0. The molecule has 39 valence electrons. The van der Waals surface area contributed by atoms with Gasteiger partial charge in [0.2, 0.25) is 0 Å². The maximum absolute atomic E-state index is 0. The van der Waals surface area contributed by atoms with Gasteiger partial charge in [-0.15, -0.1) is 0 Å². The quantitative estimate of drug-likeness (QED) is 0.283. The van der Waals surface area contributed by atoms with Crippen molar-refractivity contribution in [1.82, 2.24) is 0 Å². The molecule has 1 unspecified atom stereocenters. The molecule has 0 aromatic heterocycles. The van der Waals surface area contributed by atoms with Crippen molar-refractivity contribution in [2.24, 2.45) is 0 Å². The van der Waals surface area contributed by atoms with E-state index in [9.17, 15) is 0 Å². The average molecular weight is 492 g/mol. The van der Waals surface area contributed by atoms with E-state index in [1.165, 1.54) is 0 Å². The van der Waals surface area contributed by atoms with Crippen LogP contribution >= 0.6 is 23.4 Å². The van der Waals surface area contributed by atoms with Crippen molar-refractivity contribution in [2.75, 3.05) is 0 Å². The molecular weight excluding hydrogens is 485 g/mol. The molecule has 0 aromatic carbocycles. The summed E-state index contributed by atoms with van der Waals surface area (Å²) in [7, 11) is 0. The van der Waals surface area contributed by atoms with Gasteiger partial charge in [-0.05, 0) is 0 Å². The Morgan fingerprint density at radius 2 is 1.00 bits per heavy atom. The molecule has 0 fully saturated rings. The monoisotopic (exact) mass is 491 g/mol. The Labute approximate surface area is 96.0 Å². The molecule has 0 aromatic rings. The molecule has 6 heavy (non-hydrogen) atoms. The summed E-state index contributed by atoms with van der Waals surface area (Å²) in [5.41, 5.74) is 0. The summed E-state index contributed by atoms with van der Waals surface area (Å²) >= 11 is 0. The van der Waals surface area contributed by atoms with Gasteiger partial charge in [0.25, 0.3) is 0 Å². The first kappa shape index (κ1) is 64.0. The Hall–Kier alpha value is 3.00. The first-order valence-electron chi connectivity index (χ1n) is 0. The van der Waals surface area contributed by atoms with E-state index in [0.717, 1.165) is 0 Å². The molecule has 0 saturated heterocycles. The fourth-order valence-electron chi connectivity index (χ4n) is 0. The third kappa shape index (κ3) is 28.0. The fraction of sp³-hybridized carbons (Fsp3) is 0. The smallest absolute Gasteiger partial charge is 0 e. The van der Waals surface area contributed by atoms with E-state index < -0.39 is 0 Å². The van der Waals surface area contributed by atoms with Crippen molar-refractivity contribution in [2.45, 2.75) is 0 Å². The van der Waals surface area contributed by atoms with Gasteiger partial charge in [-0.25, -0.2) is 0 Å². The van der Waals surface area contributed by atoms with E-state index in [4.69, 9.17) is 0 Å². The van der Waals surface area contributed by atoms with E-state index in [2.05, 4.69) is 0 Å². The molecule has 1 nitrogen and oxygen atoms in total. The fourth-order valence-corrected chi connectivity index (χ4v) is 0. The molecule has 0 aliphatic heterocycles. The minimum absolute atomic E-state index is 0. The molecule has 9 radical (unpaired) electrons. The third-order valence-corrected chi connectivity index (χ3v) is 0. The average Bonchev–Trinajstić information content (AvgIpc) is 0. The van der Waals surface area contributed by atoms with Gasteiger partial charge in [0.1, 0.15) is 0 Å². The Kier molecular flexibility index (Phi) is 465. The van der Waals surface area contributed by atoms with Crippen molar-refractivity contribution in [3.8, 4) is 0 Å². The summed E-state index contributed by atoms with van der Waals surface area (Å²) in [6, 6.07) is 0. The summed E-state index contributed by atoms with van der Waals surface area (Å²) in [5, 5.41) is 0. The maximum Gasteiger partial charge on any atom is 0 e. The van der Waals surface area contributed by atoms with Crippen molar-refractivity contribution >= 4 is 92.0 Å². The number of hydrogen-bond acceptors (Lipinski definition) is 0. The van der Waals surface area contributed by atoms with E-state index in [-0.39, 0.29) is 97.5 Å². The molecular formula is H7AsBiOPSSb. The van der Waals surface area contributed by atoms with E-state index in [1.807, 2.05) is 0 Å². The van der Waals surface area contributed by atoms with Crippen LogP contribution in [0.5, 0.6) is 0 Å². The van der Waals surface area contributed by atoms with Gasteiger partial charge in [-0.2, -0.15) is 23.4 Å². The molecule has 1 atom stereocenters. The molecule has 0 spiro atoms. The van der Waals surface area contributed by atoms with Crippen LogP contribution < -0.4 is 0 Å². The van der Waals surface area contributed by atoms with Crippen LogP contribution in [-0.2, 0) is 0 Å².